The minimum absolute atomic E-state index is 0.276. The minimum Gasteiger partial charge on any atom is -0.345 e. The summed E-state index contributed by atoms with van der Waals surface area (Å²) in [5, 5.41) is 2.79. The van der Waals surface area contributed by atoms with Crippen molar-refractivity contribution in [2.24, 2.45) is 0 Å². The van der Waals surface area contributed by atoms with Gasteiger partial charge in [-0.05, 0) is 32.4 Å². The molecule has 1 amide bonds. The lowest BCUT2D eigenvalue weighted by molar-refractivity contribution is -0.127. The predicted molar refractivity (Wildman–Crippen MR) is 72.2 cm³/mol. The van der Waals surface area contributed by atoms with Gasteiger partial charge in [0.2, 0.25) is 5.91 Å². The molecule has 0 radical (unpaired) electrons. The van der Waals surface area contributed by atoms with Crippen LogP contribution in [-0.4, -0.2) is 56.9 Å². The summed E-state index contributed by atoms with van der Waals surface area (Å²) in [5.41, 5.74) is 0. The number of nitrogens with zero attached hydrogens (tertiary/aromatic N) is 1. The number of amides is 1. The second-order valence-corrected chi connectivity index (χ2v) is 7.21. The van der Waals surface area contributed by atoms with Crippen LogP contribution in [-0.2, 0) is 14.6 Å². The van der Waals surface area contributed by atoms with Crippen LogP contribution in [0.25, 0.3) is 0 Å². The number of rotatable bonds is 6. The van der Waals surface area contributed by atoms with E-state index in [1.54, 1.807) is 7.05 Å². The Hall–Kier alpha value is -0.620. The van der Waals surface area contributed by atoms with E-state index < -0.39 is 9.84 Å². The van der Waals surface area contributed by atoms with Gasteiger partial charge in [0.1, 0.15) is 5.75 Å². The van der Waals surface area contributed by atoms with E-state index in [2.05, 4.69) is 5.32 Å². The zero-order valence-corrected chi connectivity index (χ0v) is 12.1. The molecule has 5 nitrogen and oxygen atoms in total. The molecule has 1 fully saturated rings. The van der Waals surface area contributed by atoms with Gasteiger partial charge in [0.25, 0.3) is 0 Å². The first-order valence-electron chi connectivity index (χ1n) is 6.63. The summed E-state index contributed by atoms with van der Waals surface area (Å²) in [7, 11) is -1.61. The highest BCUT2D eigenvalue weighted by Gasteiger charge is 2.30. The van der Waals surface area contributed by atoms with E-state index in [4.69, 9.17) is 0 Å². The maximum atomic E-state index is 12.1. The average Bonchev–Trinajstić information content (AvgIpc) is 2.36. The van der Waals surface area contributed by atoms with Crippen molar-refractivity contribution in [3.05, 3.63) is 0 Å². The molecule has 0 aromatic heterocycles. The van der Waals surface area contributed by atoms with Crippen LogP contribution >= 0.6 is 0 Å². The van der Waals surface area contributed by atoms with E-state index in [0.717, 1.165) is 25.9 Å². The fraction of sp³-hybridized carbons (Fsp3) is 0.917. The van der Waals surface area contributed by atoms with Crippen molar-refractivity contribution in [1.82, 2.24) is 10.2 Å². The normalized spacial score (nSPS) is 17.7. The van der Waals surface area contributed by atoms with Crippen molar-refractivity contribution in [2.45, 2.75) is 37.9 Å². The molecule has 0 unspecified atom stereocenters. The largest absolute Gasteiger partial charge is 0.345 e. The summed E-state index contributed by atoms with van der Waals surface area (Å²) in [6.45, 7) is 4.13. The summed E-state index contributed by atoms with van der Waals surface area (Å²) < 4.78 is 24.2. The van der Waals surface area contributed by atoms with Crippen LogP contribution in [0.4, 0.5) is 0 Å². The molecular weight excluding hydrogens is 252 g/mol. The standard InChI is InChI=1S/C12H24N2O3S/c1-3-4-9-14(2)12(15)10-18(16,17)11-5-7-13-8-6-11/h11,13H,3-10H2,1-2H3. The van der Waals surface area contributed by atoms with Crippen LogP contribution in [0.5, 0.6) is 0 Å². The Morgan fingerprint density at radius 1 is 1.33 bits per heavy atom. The molecule has 1 aliphatic rings. The molecule has 18 heavy (non-hydrogen) atoms. The summed E-state index contributed by atoms with van der Waals surface area (Å²) >= 11 is 0. The Balaban J connectivity index is 2.51. The van der Waals surface area contributed by atoms with Crippen molar-refractivity contribution in [3.63, 3.8) is 0 Å². The van der Waals surface area contributed by atoms with E-state index >= 15 is 0 Å². The Kier molecular flexibility index (Phi) is 6.08. The summed E-state index contributed by atoms with van der Waals surface area (Å²) in [6.07, 6.45) is 3.15. The van der Waals surface area contributed by atoms with Crippen LogP contribution in [0.15, 0.2) is 0 Å². The number of carbonyl (C=O) groups excluding carboxylic acids is 1. The molecule has 1 aliphatic heterocycles. The first-order valence-corrected chi connectivity index (χ1v) is 8.35. The average molecular weight is 276 g/mol. The number of hydrogen-bond donors (Lipinski definition) is 1. The van der Waals surface area contributed by atoms with Gasteiger partial charge in [-0.2, -0.15) is 0 Å². The van der Waals surface area contributed by atoms with Crippen LogP contribution in [0.3, 0.4) is 0 Å². The molecule has 0 bridgehead atoms. The Morgan fingerprint density at radius 3 is 2.50 bits per heavy atom. The summed E-state index contributed by atoms with van der Waals surface area (Å²) in [6, 6.07) is 0. The Bertz CT molecular complexity index is 362. The van der Waals surface area contributed by atoms with Gasteiger partial charge in [-0.15, -0.1) is 0 Å². The lowest BCUT2D eigenvalue weighted by Crippen LogP contribution is -2.41. The third-order valence-electron chi connectivity index (χ3n) is 3.39. The maximum absolute atomic E-state index is 12.1. The molecule has 0 spiro atoms. The van der Waals surface area contributed by atoms with E-state index in [0.29, 0.717) is 19.4 Å². The molecule has 0 aliphatic carbocycles. The molecule has 0 aromatic carbocycles. The number of hydrogen-bond acceptors (Lipinski definition) is 4. The van der Waals surface area contributed by atoms with Gasteiger partial charge in [0, 0.05) is 13.6 Å². The molecular formula is C12H24N2O3S. The smallest absolute Gasteiger partial charge is 0.237 e. The first-order chi connectivity index (χ1) is 8.47. The second-order valence-electron chi connectivity index (χ2n) is 4.93. The second kappa shape index (κ2) is 7.09. The lowest BCUT2D eigenvalue weighted by Gasteiger charge is -2.24. The van der Waals surface area contributed by atoms with Gasteiger partial charge in [-0.1, -0.05) is 13.3 Å². The van der Waals surface area contributed by atoms with E-state index in [9.17, 15) is 13.2 Å². The van der Waals surface area contributed by atoms with Gasteiger partial charge in [0.15, 0.2) is 9.84 Å². The van der Waals surface area contributed by atoms with E-state index in [1.807, 2.05) is 6.92 Å². The van der Waals surface area contributed by atoms with Gasteiger partial charge < -0.3 is 10.2 Å². The molecule has 1 heterocycles. The fourth-order valence-electron chi connectivity index (χ4n) is 2.07. The van der Waals surface area contributed by atoms with Crippen LogP contribution in [0.2, 0.25) is 0 Å². The Morgan fingerprint density at radius 2 is 1.94 bits per heavy atom. The molecule has 6 heteroatoms. The number of nitrogens with one attached hydrogen (secondary N) is 1. The lowest BCUT2D eigenvalue weighted by atomic mass is 10.2. The van der Waals surface area contributed by atoms with Crippen molar-refractivity contribution in [3.8, 4) is 0 Å². The zero-order valence-electron chi connectivity index (χ0n) is 11.3. The quantitative estimate of drug-likeness (QED) is 0.763. The number of unbranched alkanes of at least 4 members (excludes halogenated alkanes) is 1. The van der Waals surface area contributed by atoms with Crippen LogP contribution in [0, 0.1) is 0 Å². The minimum atomic E-state index is -3.28. The molecule has 1 saturated heterocycles. The van der Waals surface area contributed by atoms with Crippen LogP contribution in [0.1, 0.15) is 32.6 Å². The maximum Gasteiger partial charge on any atom is 0.237 e. The highest BCUT2D eigenvalue weighted by atomic mass is 32.2. The van der Waals surface area contributed by atoms with Gasteiger partial charge in [-0.3, -0.25) is 4.79 Å². The van der Waals surface area contributed by atoms with E-state index in [-0.39, 0.29) is 16.9 Å². The molecule has 0 atom stereocenters. The number of piperidine rings is 1. The van der Waals surface area contributed by atoms with Gasteiger partial charge in [0.05, 0.1) is 5.25 Å². The van der Waals surface area contributed by atoms with Gasteiger partial charge in [-0.25, -0.2) is 8.42 Å². The van der Waals surface area contributed by atoms with Crippen molar-refractivity contribution in [1.29, 1.82) is 0 Å². The molecule has 1 N–H and O–H groups in total. The van der Waals surface area contributed by atoms with Crippen molar-refractivity contribution in [2.75, 3.05) is 32.4 Å². The highest BCUT2D eigenvalue weighted by molar-refractivity contribution is 7.92. The highest BCUT2D eigenvalue weighted by Crippen LogP contribution is 2.14. The molecule has 0 saturated carbocycles. The SMILES string of the molecule is CCCCN(C)C(=O)CS(=O)(=O)C1CCNCC1. The predicted octanol–water partition coefficient (Wildman–Crippen LogP) is 0.412. The third kappa shape index (κ3) is 4.57. The third-order valence-corrected chi connectivity index (χ3v) is 5.53. The topological polar surface area (TPSA) is 66.5 Å². The summed E-state index contributed by atoms with van der Waals surface area (Å²) in [4.78, 5) is 13.4. The molecule has 106 valence electrons. The van der Waals surface area contributed by atoms with Gasteiger partial charge >= 0.3 is 0 Å². The van der Waals surface area contributed by atoms with Crippen molar-refractivity contribution < 1.29 is 13.2 Å². The van der Waals surface area contributed by atoms with Crippen LogP contribution < -0.4 is 5.32 Å². The van der Waals surface area contributed by atoms with E-state index in [1.165, 1.54) is 4.90 Å². The monoisotopic (exact) mass is 276 g/mol. The number of carbonyl (C=O) groups is 1. The summed E-state index contributed by atoms with van der Waals surface area (Å²) in [5.74, 6) is -0.611. The zero-order chi connectivity index (χ0) is 13.6. The fourth-order valence-corrected chi connectivity index (χ4v) is 3.83. The Labute approximate surface area is 110 Å². The first kappa shape index (κ1) is 15.4. The molecule has 1 rings (SSSR count). The van der Waals surface area contributed by atoms with Crippen molar-refractivity contribution >= 4 is 15.7 Å². The number of sulfone groups is 1. The molecule has 0 aromatic rings.